The lowest BCUT2D eigenvalue weighted by Gasteiger charge is -2.12. The van der Waals surface area contributed by atoms with E-state index in [2.05, 4.69) is 15.6 Å². The molecule has 4 N–H and O–H groups in total. The Labute approximate surface area is 179 Å². The van der Waals surface area contributed by atoms with Gasteiger partial charge >= 0.3 is 5.69 Å². The van der Waals surface area contributed by atoms with Crippen molar-refractivity contribution >= 4 is 17.4 Å². The number of anilines is 2. The van der Waals surface area contributed by atoms with Gasteiger partial charge in [-0.25, -0.2) is 14.3 Å². The van der Waals surface area contributed by atoms with Gasteiger partial charge in [-0.1, -0.05) is 36.4 Å². The highest BCUT2D eigenvalue weighted by molar-refractivity contribution is 5.75. The van der Waals surface area contributed by atoms with Gasteiger partial charge in [-0.2, -0.15) is 0 Å². The van der Waals surface area contributed by atoms with Crippen LogP contribution >= 0.6 is 0 Å². The van der Waals surface area contributed by atoms with Gasteiger partial charge in [-0.15, -0.1) is 0 Å². The Morgan fingerprint density at radius 1 is 1.13 bits per heavy atom. The number of rotatable bonds is 8. The molecule has 1 aromatic carbocycles. The summed E-state index contributed by atoms with van der Waals surface area (Å²) in [5.74, 6) is -0.0453. The Morgan fingerprint density at radius 2 is 1.87 bits per heavy atom. The zero-order valence-corrected chi connectivity index (χ0v) is 17.6. The van der Waals surface area contributed by atoms with Crippen LogP contribution < -0.4 is 27.6 Å². The number of pyridine rings is 1. The van der Waals surface area contributed by atoms with Crippen molar-refractivity contribution in [2.75, 3.05) is 17.6 Å². The van der Waals surface area contributed by atoms with Crippen LogP contribution in [0.5, 0.6) is 0 Å². The Kier molecular flexibility index (Phi) is 6.86. The topological polar surface area (TPSA) is 124 Å². The number of nitrogens with zero attached hydrogens (tertiary/aromatic N) is 3. The molecule has 1 amide bonds. The quantitative estimate of drug-likeness (QED) is 0.493. The molecule has 0 fully saturated rings. The van der Waals surface area contributed by atoms with Crippen LogP contribution in [0.1, 0.15) is 16.8 Å². The van der Waals surface area contributed by atoms with Crippen molar-refractivity contribution in [1.29, 1.82) is 0 Å². The van der Waals surface area contributed by atoms with Crippen LogP contribution in [0.4, 0.5) is 11.5 Å². The zero-order chi connectivity index (χ0) is 22.4. The van der Waals surface area contributed by atoms with Gasteiger partial charge in [0.15, 0.2) is 0 Å². The van der Waals surface area contributed by atoms with Crippen LogP contribution in [0.25, 0.3) is 0 Å². The fourth-order valence-corrected chi connectivity index (χ4v) is 3.16. The van der Waals surface area contributed by atoms with Gasteiger partial charge < -0.3 is 20.9 Å². The van der Waals surface area contributed by atoms with Gasteiger partial charge in [0.25, 0.3) is 5.56 Å². The number of carbonyl (C=O) groups excluding carboxylic acids is 1. The number of hydrogen-bond donors (Lipinski definition) is 3. The van der Waals surface area contributed by atoms with Crippen LogP contribution in [-0.2, 0) is 31.4 Å². The van der Waals surface area contributed by atoms with Gasteiger partial charge in [-0.05, 0) is 30.5 Å². The van der Waals surface area contributed by atoms with Crippen LogP contribution in [-0.4, -0.2) is 26.6 Å². The second-order valence-corrected chi connectivity index (χ2v) is 7.25. The minimum absolute atomic E-state index is 0.224. The Morgan fingerprint density at radius 3 is 2.58 bits per heavy atom. The number of hydrogen-bond acceptors (Lipinski definition) is 6. The van der Waals surface area contributed by atoms with Crippen molar-refractivity contribution in [2.24, 2.45) is 7.05 Å². The summed E-state index contributed by atoms with van der Waals surface area (Å²) in [5.41, 5.74) is 7.46. The van der Waals surface area contributed by atoms with Gasteiger partial charge in [-0.3, -0.25) is 9.59 Å². The second kappa shape index (κ2) is 9.75. The summed E-state index contributed by atoms with van der Waals surface area (Å²) < 4.78 is 2.21. The number of carbonyl (C=O) groups is 1. The van der Waals surface area contributed by atoms with E-state index in [1.165, 1.54) is 10.8 Å². The van der Waals surface area contributed by atoms with Crippen molar-refractivity contribution in [3.05, 3.63) is 86.3 Å². The predicted octanol–water partition coefficient (Wildman–Crippen LogP) is 0.804. The number of nitrogen functional groups attached to an aromatic ring is 1. The molecular weight excluding hydrogens is 396 g/mol. The van der Waals surface area contributed by atoms with Gasteiger partial charge in [0, 0.05) is 32.0 Å². The summed E-state index contributed by atoms with van der Waals surface area (Å²) in [6, 6.07) is 13.3. The summed E-state index contributed by atoms with van der Waals surface area (Å²) in [5, 5.41) is 5.79. The zero-order valence-electron chi connectivity index (χ0n) is 17.6. The number of aromatic nitrogens is 3. The Bertz CT molecular complexity index is 1180. The lowest BCUT2D eigenvalue weighted by Crippen LogP contribution is -2.43. The molecule has 0 radical (unpaired) electrons. The molecule has 0 spiro atoms. The van der Waals surface area contributed by atoms with E-state index >= 15 is 0 Å². The first-order valence-corrected chi connectivity index (χ1v) is 9.92. The second-order valence-electron chi connectivity index (χ2n) is 7.25. The first-order chi connectivity index (χ1) is 14.8. The van der Waals surface area contributed by atoms with E-state index in [1.54, 1.807) is 26.1 Å². The lowest BCUT2D eigenvalue weighted by molar-refractivity contribution is -0.121. The molecule has 3 rings (SSSR count). The molecule has 0 aliphatic heterocycles. The first-order valence-electron chi connectivity index (χ1n) is 9.92. The smallest absolute Gasteiger partial charge is 0.331 e. The molecule has 0 unspecified atom stereocenters. The molecule has 0 atom stereocenters. The highest BCUT2D eigenvalue weighted by atomic mass is 16.2. The largest absolute Gasteiger partial charge is 0.384 e. The van der Waals surface area contributed by atoms with Crippen LogP contribution in [0.3, 0.4) is 0 Å². The molecule has 0 aliphatic carbocycles. The molecule has 9 nitrogen and oxygen atoms in total. The van der Waals surface area contributed by atoms with E-state index in [4.69, 9.17) is 5.73 Å². The molecule has 9 heteroatoms. The molecule has 0 saturated carbocycles. The van der Waals surface area contributed by atoms with E-state index in [0.717, 1.165) is 22.1 Å². The van der Waals surface area contributed by atoms with E-state index in [0.29, 0.717) is 18.1 Å². The molecule has 2 heterocycles. The molecule has 31 heavy (non-hydrogen) atoms. The maximum Gasteiger partial charge on any atom is 0.331 e. The number of aryl methyl sites for hydroxylation is 2. The molecule has 0 saturated heterocycles. The minimum atomic E-state index is -0.556. The SMILES string of the molecule is Cc1nc(N)ccc1CNC(=O)Cn1c(=O)c(NCCc2ccccc2)cn(C)c1=O. The van der Waals surface area contributed by atoms with Crippen LogP contribution in [0.2, 0.25) is 0 Å². The third-order valence-electron chi connectivity index (χ3n) is 4.90. The van der Waals surface area contributed by atoms with E-state index in [9.17, 15) is 14.4 Å². The number of amides is 1. The van der Waals surface area contributed by atoms with Crippen molar-refractivity contribution in [3.8, 4) is 0 Å². The molecule has 3 aromatic rings. The summed E-state index contributed by atoms with van der Waals surface area (Å²) in [6.45, 7) is 2.17. The van der Waals surface area contributed by atoms with E-state index in [-0.39, 0.29) is 18.8 Å². The summed E-state index contributed by atoms with van der Waals surface area (Å²) in [4.78, 5) is 41.8. The first kappa shape index (κ1) is 21.8. The van der Waals surface area contributed by atoms with Gasteiger partial charge in [0.2, 0.25) is 5.91 Å². The summed E-state index contributed by atoms with van der Waals surface area (Å²) >= 11 is 0. The van der Waals surface area contributed by atoms with Crippen LogP contribution in [0.15, 0.2) is 58.3 Å². The normalized spacial score (nSPS) is 10.6. The van der Waals surface area contributed by atoms with E-state index < -0.39 is 17.2 Å². The van der Waals surface area contributed by atoms with Crippen molar-refractivity contribution in [3.63, 3.8) is 0 Å². The van der Waals surface area contributed by atoms with Gasteiger partial charge in [0.1, 0.15) is 18.1 Å². The Hall–Kier alpha value is -3.88. The lowest BCUT2D eigenvalue weighted by atomic mass is 10.1. The molecule has 0 aliphatic rings. The van der Waals surface area contributed by atoms with E-state index in [1.807, 2.05) is 30.3 Å². The monoisotopic (exact) mass is 422 g/mol. The number of nitrogens with one attached hydrogen (secondary N) is 2. The predicted molar refractivity (Wildman–Crippen MR) is 120 cm³/mol. The Balaban J connectivity index is 1.67. The molecular formula is C22H26N6O3. The maximum absolute atomic E-state index is 12.8. The summed E-state index contributed by atoms with van der Waals surface area (Å²) in [6.07, 6.45) is 2.17. The minimum Gasteiger partial charge on any atom is -0.384 e. The average molecular weight is 422 g/mol. The van der Waals surface area contributed by atoms with Crippen molar-refractivity contribution < 1.29 is 4.79 Å². The number of benzene rings is 1. The highest BCUT2D eigenvalue weighted by Gasteiger charge is 2.13. The fourth-order valence-electron chi connectivity index (χ4n) is 3.16. The molecule has 0 bridgehead atoms. The van der Waals surface area contributed by atoms with Crippen LogP contribution in [0, 0.1) is 6.92 Å². The summed E-state index contributed by atoms with van der Waals surface area (Å²) in [7, 11) is 1.54. The van der Waals surface area contributed by atoms with Crippen molar-refractivity contribution in [2.45, 2.75) is 26.4 Å². The highest BCUT2D eigenvalue weighted by Crippen LogP contribution is 2.07. The standard InChI is InChI=1S/C22H26N6O3/c1-15-17(8-9-19(23)26-15)12-25-20(29)14-28-21(30)18(13-27(2)22(28)31)24-11-10-16-6-4-3-5-7-16/h3-9,13,24H,10-12,14H2,1-2H3,(H2,23,26)(H,25,29). The number of nitrogens with two attached hydrogens (primary N) is 1. The third-order valence-corrected chi connectivity index (χ3v) is 4.90. The fraction of sp³-hybridized carbons (Fsp3) is 0.273. The average Bonchev–Trinajstić information content (AvgIpc) is 2.75. The van der Waals surface area contributed by atoms with Crippen molar-refractivity contribution in [1.82, 2.24) is 19.4 Å². The third kappa shape index (κ3) is 5.59. The van der Waals surface area contributed by atoms with Gasteiger partial charge in [0.05, 0.1) is 0 Å². The maximum atomic E-state index is 12.8. The molecule has 162 valence electrons. The molecule has 2 aromatic heterocycles.